The first-order valence-electron chi connectivity index (χ1n) is 4.69. The van der Waals surface area contributed by atoms with Crippen molar-refractivity contribution in [2.45, 2.75) is 26.2 Å². The third-order valence-corrected chi connectivity index (χ3v) is 2.49. The summed E-state index contributed by atoms with van der Waals surface area (Å²) < 4.78 is 1.62. The molecule has 0 atom stereocenters. The molecular formula is C10H13ClN4. The van der Waals surface area contributed by atoms with Crippen LogP contribution in [0, 0.1) is 0 Å². The largest absolute Gasteiger partial charge is 0.396 e. The van der Waals surface area contributed by atoms with Gasteiger partial charge in [0.15, 0.2) is 5.65 Å². The molecule has 0 aliphatic carbocycles. The lowest BCUT2D eigenvalue weighted by atomic mass is 9.92. The molecule has 2 N–H and O–H groups in total. The smallest absolute Gasteiger partial charge is 0.174 e. The third-order valence-electron chi connectivity index (χ3n) is 2.15. The van der Waals surface area contributed by atoms with Crippen LogP contribution in [0.3, 0.4) is 0 Å². The number of anilines is 1. The highest BCUT2D eigenvalue weighted by Crippen LogP contribution is 2.30. The zero-order valence-corrected chi connectivity index (χ0v) is 9.71. The molecule has 0 bridgehead atoms. The van der Waals surface area contributed by atoms with Gasteiger partial charge in [-0.15, -0.1) is 0 Å². The van der Waals surface area contributed by atoms with E-state index in [1.807, 2.05) is 0 Å². The van der Waals surface area contributed by atoms with Crippen LogP contribution in [0.5, 0.6) is 0 Å². The van der Waals surface area contributed by atoms with E-state index in [-0.39, 0.29) is 5.41 Å². The number of rotatable bonds is 0. The molecule has 5 heteroatoms. The molecule has 0 aliphatic heterocycles. The fourth-order valence-corrected chi connectivity index (χ4v) is 1.86. The molecule has 0 aliphatic rings. The summed E-state index contributed by atoms with van der Waals surface area (Å²) in [5, 5.41) is 4.99. The number of nitrogens with two attached hydrogens (primary N) is 1. The van der Waals surface area contributed by atoms with Crippen LogP contribution < -0.4 is 5.73 Å². The summed E-state index contributed by atoms with van der Waals surface area (Å²) in [6.45, 7) is 6.18. The van der Waals surface area contributed by atoms with Gasteiger partial charge < -0.3 is 5.73 Å². The maximum absolute atomic E-state index is 6.21. The van der Waals surface area contributed by atoms with Gasteiger partial charge in [-0.25, -0.2) is 9.50 Å². The van der Waals surface area contributed by atoms with E-state index in [1.54, 1.807) is 16.9 Å². The highest BCUT2D eigenvalue weighted by molar-refractivity contribution is 6.34. The van der Waals surface area contributed by atoms with Crippen molar-refractivity contribution in [2.75, 3.05) is 5.73 Å². The third kappa shape index (κ3) is 1.65. The summed E-state index contributed by atoms with van der Waals surface area (Å²) in [6, 6.07) is 0. The molecule has 2 aromatic heterocycles. The zero-order valence-electron chi connectivity index (χ0n) is 8.95. The van der Waals surface area contributed by atoms with Crippen molar-refractivity contribution >= 4 is 22.9 Å². The highest BCUT2D eigenvalue weighted by Gasteiger charge is 2.23. The van der Waals surface area contributed by atoms with Crippen molar-refractivity contribution in [3.63, 3.8) is 0 Å². The highest BCUT2D eigenvalue weighted by atomic mass is 35.5. The minimum Gasteiger partial charge on any atom is -0.396 e. The summed E-state index contributed by atoms with van der Waals surface area (Å²) in [4.78, 5) is 4.16. The van der Waals surface area contributed by atoms with Crippen LogP contribution >= 0.6 is 11.6 Å². The Kier molecular flexibility index (Phi) is 2.12. The first-order chi connectivity index (χ1) is 6.89. The minimum absolute atomic E-state index is 0.0977. The topological polar surface area (TPSA) is 56.2 Å². The molecule has 2 aromatic rings. The van der Waals surface area contributed by atoms with Gasteiger partial charge in [0.2, 0.25) is 0 Å². The average molecular weight is 225 g/mol. The van der Waals surface area contributed by atoms with Crippen LogP contribution in [-0.2, 0) is 5.41 Å². The Hall–Kier alpha value is -1.29. The van der Waals surface area contributed by atoms with Crippen molar-refractivity contribution in [1.82, 2.24) is 14.6 Å². The van der Waals surface area contributed by atoms with Crippen LogP contribution in [0.4, 0.5) is 5.69 Å². The Morgan fingerprint density at radius 3 is 2.67 bits per heavy atom. The van der Waals surface area contributed by atoms with Gasteiger partial charge in [-0.2, -0.15) is 5.10 Å². The van der Waals surface area contributed by atoms with E-state index in [0.29, 0.717) is 16.4 Å². The second-order valence-electron chi connectivity index (χ2n) is 4.57. The molecule has 0 fully saturated rings. The molecule has 0 aromatic carbocycles. The number of hydrogen-bond donors (Lipinski definition) is 1. The lowest BCUT2D eigenvalue weighted by Crippen LogP contribution is -2.12. The Labute approximate surface area is 93.1 Å². The molecule has 0 radical (unpaired) electrons. The predicted molar refractivity (Wildman–Crippen MR) is 61.1 cm³/mol. The fourth-order valence-electron chi connectivity index (χ4n) is 1.40. The second kappa shape index (κ2) is 3.10. The number of hydrogen-bond acceptors (Lipinski definition) is 3. The van der Waals surface area contributed by atoms with Gasteiger partial charge in [-0.1, -0.05) is 32.4 Å². The van der Waals surface area contributed by atoms with Crippen LogP contribution in [0.2, 0.25) is 5.02 Å². The fraction of sp³-hybridized carbons (Fsp3) is 0.400. The Morgan fingerprint density at radius 2 is 2.07 bits per heavy atom. The standard InChI is InChI=1S/C10H13ClN4/c1-10(2,3)8-7(11)9-13-4-6(12)5-15(9)14-8/h4-5H,12H2,1-3H3. The quantitative estimate of drug-likeness (QED) is 0.747. The Balaban J connectivity index is 2.75. The van der Waals surface area contributed by atoms with Crippen LogP contribution in [0.15, 0.2) is 12.4 Å². The van der Waals surface area contributed by atoms with Crippen molar-refractivity contribution in [3.05, 3.63) is 23.1 Å². The zero-order chi connectivity index (χ0) is 11.2. The molecule has 0 saturated carbocycles. The van der Waals surface area contributed by atoms with E-state index in [2.05, 4.69) is 30.9 Å². The summed E-state index contributed by atoms with van der Waals surface area (Å²) >= 11 is 6.21. The number of aromatic nitrogens is 3. The maximum Gasteiger partial charge on any atom is 0.174 e. The van der Waals surface area contributed by atoms with Gasteiger partial charge >= 0.3 is 0 Å². The predicted octanol–water partition coefficient (Wildman–Crippen LogP) is 2.26. The number of nitrogen functional groups attached to an aromatic ring is 1. The molecule has 2 heterocycles. The SMILES string of the molecule is CC(C)(C)c1nn2cc(N)cnc2c1Cl. The number of halogens is 1. The summed E-state index contributed by atoms with van der Waals surface area (Å²) in [5.41, 5.74) is 7.58. The van der Waals surface area contributed by atoms with Crippen molar-refractivity contribution in [1.29, 1.82) is 0 Å². The normalized spacial score (nSPS) is 12.3. The Morgan fingerprint density at radius 1 is 1.40 bits per heavy atom. The summed E-state index contributed by atoms with van der Waals surface area (Å²) in [7, 11) is 0. The maximum atomic E-state index is 6.21. The Bertz CT molecular complexity index is 510. The molecule has 15 heavy (non-hydrogen) atoms. The van der Waals surface area contributed by atoms with Gasteiger partial charge in [0.05, 0.1) is 23.8 Å². The summed E-state index contributed by atoms with van der Waals surface area (Å²) in [6.07, 6.45) is 3.29. The number of nitrogens with zero attached hydrogens (tertiary/aromatic N) is 3. The molecule has 80 valence electrons. The van der Waals surface area contributed by atoms with E-state index in [4.69, 9.17) is 17.3 Å². The molecule has 0 saturated heterocycles. The van der Waals surface area contributed by atoms with E-state index in [0.717, 1.165) is 5.69 Å². The second-order valence-corrected chi connectivity index (χ2v) is 4.95. The molecular weight excluding hydrogens is 212 g/mol. The van der Waals surface area contributed by atoms with E-state index in [9.17, 15) is 0 Å². The van der Waals surface area contributed by atoms with E-state index >= 15 is 0 Å². The van der Waals surface area contributed by atoms with Crippen molar-refractivity contribution in [3.8, 4) is 0 Å². The first kappa shape index (κ1) is 10.2. The summed E-state index contributed by atoms with van der Waals surface area (Å²) in [5.74, 6) is 0. The molecule has 0 spiro atoms. The monoisotopic (exact) mass is 224 g/mol. The van der Waals surface area contributed by atoms with Crippen LogP contribution in [0.25, 0.3) is 5.65 Å². The van der Waals surface area contributed by atoms with Crippen LogP contribution in [-0.4, -0.2) is 14.6 Å². The molecule has 0 unspecified atom stereocenters. The van der Waals surface area contributed by atoms with Crippen molar-refractivity contribution < 1.29 is 0 Å². The lowest BCUT2D eigenvalue weighted by molar-refractivity contribution is 0.563. The van der Waals surface area contributed by atoms with Crippen molar-refractivity contribution in [2.24, 2.45) is 0 Å². The van der Waals surface area contributed by atoms with Gasteiger partial charge in [0.1, 0.15) is 5.02 Å². The average Bonchev–Trinajstić information content (AvgIpc) is 2.42. The van der Waals surface area contributed by atoms with E-state index < -0.39 is 0 Å². The lowest BCUT2D eigenvalue weighted by Gasteiger charge is -2.14. The first-order valence-corrected chi connectivity index (χ1v) is 5.07. The van der Waals surface area contributed by atoms with Gasteiger partial charge in [-0.3, -0.25) is 0 Å². The van der Waals surface area contributed by atoms with Gasteiger partial charge in [0.25, 0.3) is 0 Å². The van der Waals surface area contributed by atoms with Gasteiger partial charge in [-0.05, 0) is 0 Å². The van der Waals surface area contributed by atoms with Gasteiger partial charge in [0, 0.05) is 5.41 Å². The number of fused-ring (bicyclic) bond motifs is 1. The molecule has 0 amide bonds. The van der Waals surface area contributed by atoms with E-state index in [1.165, 1.54) is 0 Å². The molecule has 4 nitrogen and oxygen atoms in total. The minimum atomic E-state index is -0.0977. The molecule has 2 rings (SSSR count). The van der Waals surface area contributed by atoms with Crippen LogP contribution in [0.1, 0.15) is 26.5 Å².